The van der Waals surface area contributed by atoms with Crippen LogP contribution in [-0.4, -0.2) is 20.5 Å². The largest absolute Gasteiger partial charge is 0.481 e. The first-order chi connectivity index (χ1) is 7.61. The van der Waals surface area contributed by atoms with Gasteiger partial charge in [-0.3, -0.25) is 4.79 Å². The second kappa shape index (κ2) is 4.14. The highest BCUT2D eigenvalue weighted by molar-refractivity contribution is 6.32. The van der Waals surface area contributed by atoms with Crippen LogP contribution < -0.4 is 0 Å². The van der Waals surface area contributed by atoms with E-state index >= 15 is 0 Å². The smallest absolute Gasteiger partial charge is 0.307 e. The summed E-state index contributed by atoms with van der Waals surface area (Å²) in [7, 11) is 0. The monoisotopic (exact) mass is 238 g/mol. The summed E-state index contributed by atoms with van der Waals surface area (Å²) in [5, 5.41) is 9.18. The number of carbonyl (C=O) groups is 1. The average molecular weight is 239 g/mol. The van der Waals surface area contributed by atoms with E-state index in [0.29, 0.717) is 5.15 Å². The van der Waals surface area contributed by atoms with Gasteiger partial charge in [-0.1, -0.05) is 24.6 Å². The quantitative estimate of drug-likeness (QED) is 0.892. The van der Waals surface area contributed by atoms with Gasteiger partial charge in [0.05, 0.1) is 11.9 Å². The topological polar surface area (TPSA) is 54.6 Å². The third-order valence-corrected chi connectivity index (χ3v) is 2.68. The normalized spacial score (nSPS) is 10.9. The SMILES string of the molecule is CCc1nc(Cl)c2ccc(CC(=O)O)cn12. The van der Waals surface area contributed by atoms with E-state index in [1.807, 2.05) is 11.3 Å². The summed E-state index contributed by atoms with van der Waals surface area (Å²) in [6.07, 6.45) is 2.54. The maximum atomic E-state index is 10.6. The lowest BCUT2D eigenvalue weighted by atomic mass is 10.2. The van der Waals surface area contributed by atoms with Crippen LogP contribution in [0.4, 0.5) is 0 Å². The van der Waals surface area contributed by atoms with Crippen molar-refractivity contribution in [1.29, 1.82) is 0 Å². The number of pyridine rings is 1. The van der Waals surface area contributed by atoms with Gasteiger partial charge in [-0.05, 0) is 11.6 Å². The first kappa shape index (κ1) is 11.0. The number of hydrogen-bond acceptors (Lipinski definition) is 2. The molecule has 2 heterocycles. The number of imidazole rings is 1. The Morgan fingerprint density at radius 1 is 1.56 bits per heavy atom. The van der Waals surface area contributed by atoms with Gasteiger partial charge in [0.1, 0.15) is 5.82 Å². The Kier molecular flexibility index (Phi) is 2.83. The predicted molar refractivity (Wildman–Crippen MR) is 60.9 cm³/mol. The minimum absolute atomic E-state index is 0.00882. The molecule has 0 saturated heterocycles. The van der Waals surface area contributed by atoms with Crippen molar-refractivity contribution in [3.63, 3.8) is 0 Å². The molecule has 0 aliphatic carbocycles. The first-order valence-corrected chi connectivity index (χ1v) is 5.36. The third kappa shape index (κ3) is 1.88. The fourth-order valence-corrected chi connectivity index (χ4v) is 1.93. The van der Waals surface area contributed by atoms with E-state index in [1.54, 1.807) is 18.3 Å². The summed E-state index contributed by atoms with van der Waals surface area (Å²) < 4.78 is 1.85. The molecular formula is C11H11ClN2O2. The van der Waals surface area contributed by atoms with Crippen molar-refractivity contribution in [3.05, 3.63) is 34.9 Å². The number of carboxylic acids is 1. The molecule has 0 spiro atoms. The van der Waals surface area contributed by atoms with Crippen LogP contribution in [0.3, 0.4) is 0 Å². The van der Waals surface area contributed by atoms with Gasteiger partial charge in [0, 0.05) is 12.6 Å². The number of rotatable bonds is 3. The van der Waals surface area contributed by atoms with Crippen molar-refractivity contribution < 1.29 is 9.90 Å². The molecule has 0 aromatic carbocycles. The standard InChI is InChI=1S/C11H11ClN2O2/c1-2-9-13-11(12)8-4-3-7(5-10(15)16)6-14(8)9/h3-4,6H,2,5H2,1H3,(H,15,16). The van der Waals surface area contributed by atoms with Gasteiger partial charge in [0.25, 0.3) is 0 Å². The second-order valence-corrected chi connectivity index (χ2v) is 3.89. The fraction of sp³-hybridized carbons (Fsp3) is 0.273. The Morgan fingerprint density at radius 3 is 2.94 bits per heavy atom. The Labute approximate surface area is 97.5 Å². The minimum Gasteiger partial charge on any atom is -0.481 e. The van der Waals surface area contributed by atoms with Crippen LogP contribution in [0.25, 0.3) is 5.52 Å². The lowest BCUT2D eigenvalue weighted by Gasteiger charge is -2.01. The van der Waals surface area contributed by atoms with Crippen LogP contribution >= 0.6 is 11.6 Å². The highest BCUT2D eigenvalue weighted by atomic mass is 35.5. The van der Waals surface area contributed by atoms with Gasteiger partial charge >= 0.3 is 5.97 Å². The number of halogens is 1. The lowest BCUT2D eigenvalue weighted by molar-refractivity contribution is -0.136. The van der Waals surface area contributed by atoms with Gasteiger partial charge < -0.3 is 9.51 Å². The Hall–Kier alpha value is -1.55. The summed E-state index contributed by atoms with van der Waals surface area (Å²) in [5.74, 6) is -0.00384. The van der Waals surface area contributed by atoms with E-state index in [4.69, 9.17) is 16.7 Å². The van der Waals surface area contributed by atoms with Crippen LogP contribution in [-0.2, 0) is 17.6 Å². The molecule has 2 aromatic heterocycles. The van der Waals surface area contributed by atoms with Gasteiger partial charge in [-0.2, -0.15) is 0 Å². The van der Waals surface area contributed by atoms with Crippen molar-refractivity contribution in [1.82, 2.24) is 9.38 Å². The minimum atomic E-state index is -0.844. The number of fused-ring (bicyclic) bond motifs is 1. The number of aryl methyl sites for hydroxylation is 1. The number of carboxylic acid groups (broad SMARTS) is 1. The molecule has 16 heavy (non-hydrogen) atoms. The van der Waals surface area contributed by atoms with Crippen molar-refractivity contribution in [2.24, 2.45) is 0 Å². The molecular weight excluding hydrogens is 228 g/mol. The Balaban J connectivity index is 2.55. The maximum Gasteiger partial charge on any atom is 0.307 e. The highest BCUT2D eigenvalue weighted by Crippen LogP contribution is 2.19. The van der Waals surface area contributed by atoms with Crippen LogP contribution in [0.1, 0.15) is 18.3 Å². The van der Waals surface area contributed by atoms with E-state index in [2.05, 4.69) is 4.98 Å². The summed E-state index contributed by atoms with van der Waals surface area (Å²) in [4.78, 5) is 14.8. The molecule has 5 heteroatoms. The maximum absolute atomic E-state index is 10.6. The molecule has 0 atom stereocenters. The van der Waals surface area contributed by atoms with Crippen LogP contribution in [0.2, 0.25) is 5.15 Å². The second-order valence-electron chi connectivity index (χ2n) is 3.54. The summed E-state index contributed by atoms with van der Waals surface area (Å²) in [5.41, 5.74) is 1.55. The van der Waals surface area contributed by atoms with E-state index in [1.165, 1.54) is 0 Å². The molecule has 2 rings (SSSR count). The highest BCUT2D eigenvalue weighted by Gasteiger charge is 2.09. The van der Waals surface area contributed by atoms with Crippen molar-refractivity contribution in [2.45, 2.75) is 19.8 Å². The number of nitrogens with zero attached hydrogens (tertiary/aromatic N) is 2. The molecule has 84 valence electrons. The van der Waals surface area contributed by atoms with Crippen molar-refractivity contribution in [2.75, 3.05) is 0 Å². The zero-order valence-electron chi connectivity index (χ0n) is 8.77. The van der Waals surface area contributed by atoms with Gasteiger partial charge in [0.2, 0.25) is 0 Å². The van der Waals surface area contributed by atoms with Crippen molar-refractivity contribution in [3.8, 4) is 0 Å². The number of hydrogen-bond donors (Lipinski definition) is 1. The van der Waals surface area contributed by atoms with Crippen molar-refractivity contribution >= 4 is 23.1 Å². The fourth-order valence-electron chi connectivity index (χ4n) is 1.68. The summed E-state index contributed by atoms with van der Waals surface area (Å²) >= 11 is 5.97. The van der Waals surface area contributed by atoms with Gasteiger partial charge in [0.15, 0.2) is 5.15 Å². The van der Waals surface area contributed by atoms with Crippen LogP contribution in [0.15, 0.2) is 18.3 Å². The van der Waals surface area contributed by atoms with E-state index in [9.17, 15) is 4.79 Å². The molecule has 0 amide bonds. The summed E-state index contributed by atoms with van der Waals surface area (Å²) in [6, 6.07) is 3.56. The molecule has 2 aromatic rings. The van der Waals surface area contributed by atoms with Gasteiger partial charge in [-0.25, -0.2) is 4.98 Å². The van der Waals surface area contributed by atoms with E-state index in [0.717, 1.165) is 23.3 Å². The Bertz CT molecular complexity index is 548. The molecule has 0 aliphatic heterocycles. The molecule has 0 saturated carbocycles. The molecule has 0 fully saturated rings. The number of aliphatic carboxylic acids is 1. The average Bonchev–Trinajstić information content (AvgIpc) is 2.54. The van der Waals surface area contributed by atoms with E-state index < -0.39 is 5.97 Å². The number of aromatic nitrogens is 2. The molecule has 0 unspecified atom stereocenters. The Morgan fingerprint density at radius 2 is 2.31 bits per heavy atom. The first-order valence-electron chi connectivity index (χ1n) is 4.99. The molecule has 1 N–H and O–H groups in total. The molecule has 0 radical (unpaired) electrons. The van der Waals surface area contributed by atoms with Gasteiger partial charge in [-0.15, -0.1) is 0 Å². The van der Waals surface area contributed by atoms with E-state index in [-0.39, 0.29) is 6.42 Å². The predicted octanol–water partition coefficient (Wildman–Crippen LogP) is 2.18. The zero-order chi connectivity index (χ0) is 11.7. The molecule has 0 bridgehead atoms. The molecule has 4 nitrogen and oxygen atoms in total. The summed E-state index contributed by atoms with van der Waals surface area (Å²) in [6.45, 7) is 1.98. The molecule has 0 aliphatic rings. The third-order valence-electron chi connectivity index (χ3n) is 2.40. The lowest BCUT2D eigenvalue weighted by Crippen LogP contribution is -2.02. The zero-order valence-corrected chi connectivity index (χ0v) is 9.53. The van der Waals surface area contributed by atoms with Crippen LogP contribution in [0.5, 0.6) is 0 Å². The van der Waals surface area contributed by atoms with Crippen LogP contribution in [0, 0.1) is 0 Å².